The number of hydrogen-bond acceptors (Lipinski definition) is 0. The molecule has 0 unspecified atom stereocenters. The highest BCUT2D eigenvalue weighted by molar-refractivity contribution is 6.71. The average Bonchev–Trinajstić information content (AvgIpc) is 3.16. The second-order valence-electron chi connectivity index (χ2n) is 6.65. The van der Waals surface area contributed by atoms with Crippen molar-refractivity contribution in [2.75, 3.05) is 0 Å². The average molecular weight is 332 g/mol. The zero-order valence-corrected chi connectivity index (χ0v) is 15.3. The molecule has 2 heteroatoms. The van der Waals surface area contributed by atoms with Crippen LogP contribution in [0.25, 0.3) is 11.1 Å². The second kappa shape index (κ2) is 7.09. The Bertz CT molecular complexity index is 978. The van der Waals surface area contributed by atoms with Crippen LogP contribution in [-0.4, -0.2) is 14.6 Å². The van der Waals surface area contributed by atoms with Gasteiger partial charge in [0.15, 0.2) is 14.6 Å². The molecule has 1 aromatic carbocycles. The molecule has 0 fully saturated rings. The van der Waals surface area contributed by atoms with Crippen LogP contribution < -0.4 is 10.9 Å². The molecule has 0 bridgehead atoms. The standard InChI is InChI=1S/C24H22B2/c1-7-15(5)11-18-20-14-23-19(17(9-3)21(10-4)25-23)13-24(20)26-22(18)12-16(6)8-2/h7-14,25-26H,1-6H2/b18-11-,22-12+. The molecule has 0 atom stereocenters. The minimum Gasteiger partial charge on any atom is -0.0996 e. The highest BCUT2D eigenvalue weighted by Gasteiger charge is 2.27. The Balaban J connectivity index is 2.18. The number of rotatable bonds is 6. The van der Waals surface area contributed by atoms with Crippen LogP contribution in [0.2, 0.25) is 0 Å². The van der Waals surface area contributed by atoms with Gasteiger partial charge in [-0.2, -0.15) is 0 Å². The third-order valence-corrected chi connectivity index (χ3v) is 5.03. The van der Waals surface area contributed by atoms with Gasteiger partial charge in [0.25, 0.3) is 0 Å². The van der Waals surface area contributed by atoms with Gasteiger partial charge >= 0.3 is 0 Å². The largest absolute Gasteiger partial charge is 0.193 e. The van der Waals surface area contributed by atoms with Gasteiger partial charge in [0, 0.05) is 0 Å². The van der Waals surface area contributed by atoms with Gasteiger partial charge in [0.1, 0.15) is 0 Å². The van der Waals surface area contributed by atoms with Crippen LogP contribution >= 0.6 is 0 Å². The fraction of sp³-hybridized carbons (Fsp3) is 0. The molecule has 2 heterocycles. The van der Waals surface area contributed by atoms with Gasteiger partial charge in [0.05, 0.1) is 0 Å². The molecule has 0 N–H and O–H groups in total. The highest BCUT2D eigenvalue weighted by atomic mass is 14.2. The normalized spacial score (nSPS) is 17.2. The third kappa shape index (κ3) is 2.99. The van der Waals surface area contributed by atoms with Crippen LogP contribution in [0.3, 0.4) is 0 Å². The Kier molecular flexibility index (Phi) is 4.86. The molecule has 0 aromatic heterocycles. The van der Waals surface area contributed by atoms with E-state index in [1.165, 1.54) is 44.1 Å². The number of fused-ring (bicyclic) bond motifs is 2. The summed E-state index contributed by atoms with van der Waals surface area (Å²) in [7, 11) is 1.78. The first kappa shape index (κ1) is 17.8. The molecule has 0 saturated carbocycles. The van der Waals surface area contributed by atoms with Crippen molar-refractivity contribution in [3.8, 4) is 0 Å². The summed E-state index contributed by atoms with van der Waals surface area (Å²) >= 11 is 0. The van der Waals surface area contributed by atoms with Crippen LogP contribution in [0.5, 0.6) is 0 Å². The van der Waals surface area contributed by atoms with Gasteiger partial charge in [-0.15, -0.1) is 0 Å². The van der Waals surface area contributed by atoms with E-state index < -0.39 is 0 Å². The maximum Gasteiger partial charge on any atom is 0.193 e. The summed E-state index contributed by atoms with van der Waals surface area (Å²) in [6.07, 6.45) is 11.7. The molecular weight excluding hydrogens is 310 g/mol. The van der Waals surface area contributed by atoms with Crippen LogP contribution in [0.1, 0.15) is 11.1 Å². The van der Waals surface area contributed by atoms with E-state index in [1.807, 2.05) is 12.2 Å². The van der Waals surface area contributed by atoms with E-state index in [1.54, 1.807) is 12.2 Å². The smallest absolute Gasteiger partial charge is 0.0996 e. The second-order valence-corrected chi connectivity index (χ2v) is 6.65. The van der Waals surface area contributed by atoms with E-state index in [4.69, 9.17) is 0 Å². The summed E-state index contributed by atoms with van der Waals surface area (Å²) in [5.74, 6) is 0. The molecule has 2 aliphatic heterocycles. The molecule has 124 valence electrons. The van der Waals surface area contributed by atoms with Gasteiger partial charge in [-0.3, -0.25) is 0 Å². The predicted molar refractivity (Wildman–Crippen MR) is 122 cm³/mol. The Hall–Kier alpha value is -2.99. The van der Waals surface area contributed by atoms with E-state index in [-0.39, 0.29) is 0 Å². The molecule has 0 saturated heterocycles. The summed E-state index contributed by atoms with van der Waals surface area (Å²) in [5.41, 5.74) is 11.9. The van der Waals surface area contributed by atoms with Crippen molar-refractivity contribution in [3.63, 3.8) is 0 Å². The van der Waals surface area contributed by atoms with E-state index in [0.717, 1.165) is 25.7 Å². The van der Waals surface area contributed by atoms with Crippen molar-refractivity contribution in [2.24, 2.45) is 0 Å². The van der Waals surface area contributed by atoms with Gasteiger partial charge < -0.3 is 0 Å². The molecule has 3 rings (SSSR count). The highest BCUT2D eigenvalue weighted by Crippen LogP contribution is 2.32. The summed E-state index contributed by atoms with van der Waals surface area (Å²) in [4.78, 5) is 0. The molecular formula is C24H22B2. The van der Waals surface area contributed by atoms with E-state index in [2.05, 4.69) is 63.8 Å². The minimum atomic E-state index is 0.875. The molecule has 0 spiro atoms. The van der Waals surface area contributed by atoms with Crippen molar-refractivity contribution >= 4 is 36.6 Å². The Morgan fingerprint density at radius 2 is 1.38 bits per heavy atom. The Morgan fingerprint density at radius 3 is 2.00 bits per heavy atom. The van der Waals surface area contributed by atoms with Crippen molar-refractivity contribution in [2.45, 2.75) is 0 Å². The quantitative estimate of drug-likeness (QED) is 0.551. The number of allylic oxidation sites excluding steroid dienone is 12. The van der Waals surface area contributed by atoms with Crippen LogP contribution in [0.4, 0.5) is 0 Å². The zero-order valence-electron chi connectivity index (χ0n) is 15.3. The van der Waals surface area contributed by atoms with Crippen molar-refractivity contribution < 1.29 is 0 Å². The first-order chi connectivity index (χ1) is 12.5. The molecule has 2 aliphatic rings. The first-order valence-electron chi connectivity index (χ1n) is 8.72. The van der Waals surface area contributed by atoms with Crippen LogP contribution in [-0.2, 0) is 0 Å². The van der Waals surface area contributed by atoms with Crippen molar-refractivity contribution in [1.82, 2.24) is 0 Å². The molecule has 1 aromatic rings. The Morgan fingerprint density at radius 1 is 0.769 bits per heavy atom. The molecule has 0 aliphatic carbocycles. The van der Waals surface area contributed by atoms with E-state index >= 15 is 0 Å². The van der Waals surface area contributed by atoms with Crippen LogP contribution in [0, 0.1) is 0 Å². The molecule has 0 nitrogen and oxygen atoms in total. The molecule has 26 heavy (non-hydrogen) atoms. The summed E-state index contributed by atoms with van der Waals surface area (Å²) in [5, 5.41) is 0. The van der Waals surface area contributed by atoms with Gasteiger partial charge in [-0.1, -0.05) is 104 Å². The zero-order chi connectivity index (χ0) is 18.8. The summed E-state index contributed by atoms with van der Waals surface area (Å²) < 4.78 is 0. The fourth-order valence-electron chi connectivity index (χ4n) is 3.68. The predicted octanol–water partition coefficient (Wildman–Crippen LogP) is 3.67. The maximum absolute atomic E-state index is 4.07. The maximum atomic E-state index is 4.07. The molecule has 0 amide bonds. The van der Waals surface area contributed by atoms with Crippen molar-refractivity contribution in [1.29, 1.82) is 0 Å². The molecule has 0 radical (unpaired) electrons. The third-order valence-electron chi connectivity index (χ3n) is 5.03. The van der Waals surface area contributed by atoms with Crippen molar-refractivity contribution in [3.05, 3.63) is 121 Å². The lowest BCUT2D eigenvalue weighted by molar-refractivity contribution is 1.65. The topological polar surface area (TPSA) is 0 Å². The fourth-order valence-corrected chi connectivity index (χ4v) is 3.68. The lowest BCUT2D eigenvalue weighted by Gasteiger charge is -2.09. The lowest BCUT2D eigenvalue weighted by atomic mass is 9.64. The SMILES string of the molecule is C=CC(=C)/C=C1/Bc2cc3c(cc2/C1=C/C(=C)C=C)BC(C=C)=C3C=C. The van der Waals surface area contributed by atoms with Gasteiger partial charge in [-0.05, 0) is 39.5 Å². The van der Waals surface area contributed by atoms with Gasteiger partial charge in [0.2, 0.25) is 0 Å². The minimum absolute atomic E-state index is 0.875. The van der Waals surface area contributed by atoms with Crippen LogP contribution in [0.15, 0.2) is 110 Å². The summed E-state index contributed by atoms with van der Waals surface area (Å²) in [6.45, 7) is 23.7. The summed E-state index contributed by atoms with van der Waals surface area (Å²) in [6, 6.07) is 4.62. The number of hydrogen-bond donors (Lipinski definition) is 0. The van der Waals surface area contributed by atoms with E-state index in [9.17, 15) is 0 Å². The first-order valence-corrected chi connectivity index (χ1v) is 8.72. The lowest BCUT2D eigenvalue weighted by Crippen LogP contribution is -2.21. The van der Waals surface area contributed by atoms with Gasteiger partial charge in [-0.25, -0.2) is 0 Å². The monoisotopic (exact) mass is 332 g/mol. The number of benzene rings is 1. The van der Waals surface area contributed by atoms with E-state index in [0.29, 0.717) is 0 Å². The Labute approximate surface area is 158 Å².